The van der Waals surface area contributed by atoms with Gasteiger partial charge in [-0.15, -0.1) is 0 Å². The minimum absolute atomic E-state index is 0.394. The molecule has 0 fully saturated rings. The van der Waals surface area contributed by atoms with Crippen LogP contribution in [0.15, 0.2) is 42.5 Å². The smallest absolute Gasteiger partial charge is 0.313 e. The van der Waals surface area contributed by atoms with Crippen molar-refractivity contribution in [1.29, 1.82) is 0 Å². The molecule has 0 aromatic heterocycles. The number of hydrogen-bond acceptors (Lipinski definition) is 3. The molecule has 5 nitrogen and oxygen atoms in total. The first-order chi connectivity index (χ1) is 11.6. The number of ether oxygens (including phenoxy) is 1. The number of halogens is 2. The number of hydrogen-bond donors (Lipinski definition) is 2. The average Bonchev–Trinajstić information content (AvgIpc) is 2.58. The van der Waals surface area contributed by atoms with Gasteiger partial charge in [-0.3, -0.25) is 9.59 Å². The Balaban J connectivity index is 1.71. The normalized spacial score (nSPS) is 15.8. The molecule has 0 saturated heterocycles. The van der Waals surface area contributed by atoms with Gasteiger partial charge in [0.15, 0.2) is 0 Å². The van der Waals surface area contributed by atoms with E-state index >= 15 is 0 Å². The molecule has 24 heavy (non-hydrogen) atoms. The predicted molar refractivity (Wildman–Crippen MR) is 82.4 cm³/mol. The SMILES string of the molecule is O=C(Nc1c(F)cccc1F)C(=O)NC1CCOc2ccccc21. The topological polar surface area (TPSA) is 67.4 Å². The standard InChI is InChI=1S/C17H14F2N2O3/c18-11-5-3-6-12(19)15(11)21-17(23)16(22)20-13-8-9-24-14-7-2-1-4-10(13)14/h1-7,13H,8-9H2,(H,20,22)(H,21,23). The summed E-state index contributed by atoms with van der Waals surface area (Å²) in [6, 6.07) is 9.89. The van der Waals surface area contributed by atoms with E-state index in [2.05, 4.69) is 5.32 Å². The van der Waals surface area contributed by atoms with E-state index < -0.39 is 35.2 Å². The molecule has 1 atom stereocenters. The molecule has 0 spiro atoms. The summed E-state index contributed by atoms with van der Waals surface area (Å²) in [5, 5.41) is 4.52. The zero-order chi connectivity index (χ0) is 17.1. The third-order valence-electron chi connectivity index (χ3n) is 3.67. The summed E-state index contributed by atoms with van der Waals surface area (Å²) in [7, 11) is 0. The van der Waals surface area contributed by atoms with Gasteiger partial charge in [-0.25, -0.2) is 8.78 Å². The summed E-state index contributed by atoms with van der Waals surface area (Å²) >= 11 is 0. The van der Waals surface area contributed by atoms with Gasteiger partial charge in [-0.2, -0.15) is 0 Å². The number of benzene rings is 2. The molecule has 0 aliphatic carbocycles. The van der Waals surface area contributed by atoms with Gasteiger partial charge in [0.05, 0.1) is 12.6 Å². The highest BCUT2D eigenvalue weighted by molar-refractivity contribution is 6.39. The van der Waals surface area contributed by atoms with Crippen molar-refractivity contribution in [2.45, 2.75) is 12.5 Å². The van der Waals surface area contributed by atoms with Crippen LogP contribution in [0.3, 0.4) is 0 Å². The van der Waals surface area contributed by atoms with E-state index in [4.69, 9.17) is 4.74 Å². The monoisotopic (exact) mass is 332 g/mol. The maximum atomic E-state index is 13.5. The molecule has 0 saturated carbocycles. The molecule has 2 N–H and O–H groups in total. The first kappa shape index (κ1) is 15.9. The van der Waals surface area contributed by atoms with Crippen molar-refractivity contribution in [3.63, 3.8) is 0 Å². The van der Waals surface area contributed by atoms with E-state index in [0.717, 1.165) is 17.7 Å². The minimum Gasteiger partial charge on any atom is -0.493 e. The largest absolute Gasteiger partial charge is 0.493 e. The van der Waals surface area contributed by atoms with Gasteiger partial charge >= 0.3 is 11.8 Å². The molecule has 3 rings (SSSR count). The molecule has 7 heteroatoms. The number of amides is 2. The second-order valence-corrected chi connectivity index (χ2v) is 5.25. The van der Waals surface area contributed by atoms with Crippen LogP contribution in [-0.2, 0) is 9.59 Å². The highest BCUT2D eigenvalue weighted by atomic mass is 19.1. The molecule has 2 amide bonds. The quantitative estimate of drug-likeness (QED) is 0.831. The van der Waals surface area contributed by atoms with Gasteiger partial charge in [0.2, 0.25) is 0 Å². The Morgan fingerprint density at radius 1 is 1.00 bits per heavy atom. The van der Waals surface area contributed by atoms with Crippen LogP contribution in [0.2, 0.25) is 0 Å². The van der Waals surface area contributed by atoms with Crippen molar-refractivity contribution in [1.82, 2.24) is 5.32 Å². The Labute approximate surface area is 136 Å². The van der Waals surface area contributed by atoms with Crippen molar-refractivity contribution in [2.75, 3.05) is 11.9 Å². The third-order valence-corrected chi connectivity index (χ3v) is 3.67. The van der Waals surface area contributed by atoms with Crippen LogP contribution < -0.4 is 15.4 Å². The van der Waals surface area contributed by atoms with E-state index in [0.29, 0.717) is 18.8 Å². The van der Waals surface area contributed by atoms with E-state index in [-0.39, 0.29) is 0 Å². The molecular formula is C17H14F2N2O3. The van der Waals surface area contributed by atoms with Crippen molar-refractivity contribution < 1.29 is 23.1 Å². The average molecular weight is 332 g/mol. The van der Waals surface area contributed by atoms with Crippen molar-refractivity contribution in [3.8, 4) is 5.75 Å². The Morgan fingerprint density at radius 2 is 1.71 bits per heavy atom. The van der Waals surface area contributed by atoms with Gasteiger partial charge in [0, 0.05) is 12.0 Å². The van der Waals surface area contributed by atoms with Gasteiger partial charge in [0.25, 0.3) is 0 Å². The zero-order valence-electron chi connectivity index (χ0n) is 12.5. The van der Waals surface area contributed by atoms with E-state index in [9.17, 15) is 18.4 Å². The van der Waals surface area contributed by atoms with Crippen LogP contribution >= 0.6 is 0 Å². The van der Waals surface area contributed by atoms with E-state index in [1.807, 2.05) is 5.32 Å². The minimum atomic E-state index is -1.14. The first-order valence-corrected chi connectivity index (χ1v) is 7.34. The summed E-state index contributed by atoms with van der Waals surface area (Å²) < 4.78 is 32.5. The Kier molecular flexibility index (Phi) is 4.41. The molecule has 0 bridgehead atoms. The fourth-order valence-corrected chi connectivity index (χ4v) is 2.50. The van der Waals surface area contributed by atoms with Crippen LogP contribution in [0, 0.1) is 11.6 Å². The molecule has 1 aliphatic rings. The fraction of sp³-hybridized carbons (Fsp3) is 0.176. The summed E-state index contributed by atoms with van der Waals surface area (Å²) in [4.78, 5) is 24.0. The van der Waals surface area contributed by atoms with E-state index in [1.165, 1.54) is 6.07 Å². The number of carbonyl (C=O) groups is 2. The molecule has 0 radical (unpaired) electrons. The first-order valence-electron chi connectivity index (χ1n) is 7.34. The number of fused-ring (bicyclic) bond motifs is 1. The van der Waals surface area contributed by atoms with Gasteiger partial charge < -0.3 is 15.4 Å². The summed E-state index contributed by atoms with van der Waals surface area (Å²) in [6.45, 7) is 0.394. The second kappa shape index (κ2) is 6.66. The Bertz CT molecular complexity index is 775. The van der Waals surface area contributed by atoms with Crippen LogP contribution in [-0.4, -0.2) is 18.4 Å². The van der Waals surface area contributed by atoms with Crippen LogP contribution in [0.25, 0.3) is 0 Å². The summed E-state index contributed by atoms with van der Waals surface area (Å²) in [5.74, 6) is -3.38. The Morgan fingerprint density at radius 3 is 2.46 bits per heavy atom. The maximum Gasteiger partial charge on any atom is 0.313 e. The highest BCUT2D eigenvalue weighted by Gasteiger charge is 2.26. The number of para-hydroxylation sites is 2. The number of carbonyl (C=O) groups excluding carboxylic acids is 2. The molecule has 124 valence electrons. The lowest BCUT2D eigenvalue weighted by Crippen LogP contribution is -2.39. The Hall–Kier alpha value is -2.96. The lowest BCUT2D eigenvalue weighted by Gasteiger charge is -2.26. The predicted octanol–water partition coefficient (Wildman–Crippen LogP) is 2.54. The highest BCUT2D eigenvalue weighted by Crippen LogP contribution is 2.31. The van der Waals surface area contributed by atoms with Gasteiger partial charge in [-0.1, -0.05) is 24.3 Å². The maximum absolute atomic E-state index is 13.5. The third kappa shape index (κ3) is 3.19. The summed E-state index contributed by atoms with van der Waals surface area (Å²) in [6.07, 6.45) is 0.490. The zero-order valence-corrected chi connectivity index (χ0v) is 12.5. The molecule has 2 aromatic rings. The van der Waals surface area contributed by atoms with Crippen molar-refractivity contribution in [3.05, 3.63) is 59.7 Å². The second-order valence-electron chi connectivity index (χ2n) is 5.25. The summed E-state index contributed by atoms with van der Waals surface area (Å²) in [5.41, 5.74) is 0.104. The number of rotatable bonds is 2. The molecule has 1 aliphatic heterocycles. The fourth-order valence-electron chi connectivity index (χ4n) is 2.50. The molecular weight excluding hydrogens is 318 g/mol. The molecule has 1 heterocycles. The van der Waals surface area contributed by atoms with Gasteiger partial charge in [-0.05, 0) is 18.2 Å². The van der Waals surface area contributed by atoms with Crippen LogP contribution in [0.1, 0.15) is 18.0 Å². The number of anilines is 1. The molecule has 1 unspecified atom stereocenters. The lowest BCUT2D eigenvalue weighted by molar-refractivity contribution is -0.136. The van der Waals surface area contributed by atoms with Crippen molar-refractivity contribution >= 4 is 17.5 Å². The molecule has 2 aromatic carbocycles. The lowest BCUT2D eigenvalue weighted by atomic mass is 10.0. The van der Waals surface area contributed by atoms with Gasteiger partial charge in [0.1, 0.15) is 23.1 Å². The van der Waals surface area contributed by atoms with Crippen LogP contribution in [0.4, 0.5) is 14.5 Å². The van der Waals surface area contributed by atoms with Crippen LogP contribution in [0.5, 0.6) is 5.75 Å². The van der Waals surface area contributed by atoms with Crippen molar-refractivity contribution in [2.24, 2.45) is 0 Å². The van der Waals surface area contributed by atoms with E-state index in [1.54, 1.807) is 24.3 Å². The number of nitrogens with one attached hydrogen (secondary N) is 2.